The number of furan rings is 1. The van der Waals surface area contributed by atoms with Crippen molar-refractivity contribution < 1.29 is 22.1 Å². The number of methoxy groups -OCH3 is 1. The highest BCUT2D eigenvalue weighted by Crippen LogP contribution is 2.24. The number of rotatable bonds is 7. The highest BCUT2D eigenvalue weighted by molar-refractivity contribution is 7.89. The molecule has 1 N–H and O–H groups in total. The van der Waals surface area contributed by atoms with E-state index in [1.54, 1.807) is 20.1 Å². The SMILES string of the molecule is COCCCNS(=O)(=O)c1ccc(-c2cc(C)no2)o1. The zero-order chi connectivity index (χ0) is 14.6. The van der Waals surface area contributed by atoms with Gasteiger partial charge in [-0.05, 0) is 25.5 Å². The fourth-order valence-corrected chi connectivity index (χ4v) is 2.57. The van der Waals surface area contributed by atoms with E-state index in [1.807, 2.05) is 0 Å². The summed E-state index contributed by atoms with van der Waals surface area (Å²) in [6.07, 6.45) is 0.588. The van der Waals surface area contributed by atoms with Crippen LogP contribution in [0.1, 0.15) is 12.1 Å². The van der Waals surface area contributed by atoms with Gasteiger partial charge in [0.2, 0.25) is 10.9 Å². The van der Waals surface area contributed by atoms with E-state index in [9.17, 15) is 8.42 Å². The highest BCUT2D eigenvalue weighted by atomic mass is 32.2. The molecule has 0 radical (unpaired) electrons. The summed E-state index contributed by atoms with van der Waals surface area (Å²) in [6, 6.07) is 4.58. The van der Waals surface area contributed by atoms with E-state index < -0.39 is 10.0 Å². The van der Waals surface area contributed by atoms with E-state index in [4.69, 9.17) is 13.7 Å². The van der Waals surface area contributed by atoms with Crippen LogP contribution in [0.4, 0.5) is 0 Å². The van der Waals surface area contributed by atoms with Crippen molar-refractivity contribution in [1.82, 2.24) is 9.88 Å². The first-order chi connectivity index (χ1) is 9.53. The predicted octanol–water partition coefficient (Wildman–Crippen LogP) is 1.56. The van der Waals surface area contributed by atoms with Crippen LogP contribution in [0.2, 0.25) is 0 Å². The molecule has 2 aromatic rings. The van der Waals surface area contributed by atoms with Crippen LogP contribution in [0, 0.1) is 6.92 Å². The fourth-order valence-electron chi connectivity index (χ4n) is 1.57. The lowest BCUT2D eigenvalue weighted by molar-refractivity contribution is 0.196. The molecule has 0 aliphatic rings. The van der Waals surface area contributed by atoms with Crippen molar-refractivity contribution in [3.05, 3.63) is 23.9 Å². The lowest BCUT2D eigenvalue weighted by Crippen LogP contribution is -2.25. The molecule has 0 saturated heterocycles. The summed E-state index contributed by atoms with van der Waals surface area (Å²) in [4.78, 5) is 0. The number of hydrogen-bond acceptors (Lipinski definition) is 6. The molecular formula is C12H16N2O5S. The summed E-state index contributed by atoms with van der Waals surface area (Å²) in [5.41, 5.74) is 0.693. The Bertz CT molecular complexity index is 659. The second kappa shape index (κ2) is 6.21. The van der Waals surface area contributed by atoms with Crippen molar-refractivity contribution in [2.24, 2.45) is 0 Å². The standard InChI is InChI=1S/C12H16N2O5S/c1-9-8-11(19-14-9)10-4-5-12(18-10)20(15,16)13-6-3-7-17-2/h4-5,8,13H,3,6-7H2,1-2H3. The maximum atomic E-state index is 12.0. The van der Waals surface area contributed by atoms with E-state index in [-0.39, 0.29) is 11.6 Å². The summed E-state index contributed by atoms with van der Waals surface area (Å²) < 4.78 is 41.5. The third-order valence-corrected chi connectivity index (χ3v) is 3.87. The largest absolute Gasteiger partial charge is 0.440 e. The van der Waals surface area contributed by atoms with E-state index in [1.165, 1.54) is 12.1 Å². The van der Waals surface area contributed by atoms with Crippen molar-refractivity contribution in [3.8, 4) is 11.5 Å². The molecule has 0 unspecified atom stereocenters. The van der Waals surface area contributed by atoms with Gasteiger partial charge in [-0.2, -0.15) is 0 Å². The fraction of sp³-hybridized carbons (Fsp3) is 0.417. The molecule has 0 spiro atoms. The van der Waals surface area contributed by atoms with Gasteiger partial charge < -0.3 is 13.7 Å². The van der Waals surface area contributed by atoms with Crippen LogP contribution < -0.4 is 4.72 Å². The van der Waals surface area contributed by atoms with Crippen molar-refractivity contribution in [3.63, 3.8) is 0 Å². The van der Waals surface area contributed by atoms with E-state index in [0.717, 1.165) is 0 Å². The van der Waals surface area contributed by atoms with Crippen LogP contribution in [0.3, 0.4) is 0 Å². The molecule has 0 fully saturated rings. The summed E-state index contributed by atoms with van der Waals surface area (Å²) in [6.45, 7) is 2.54. The monoisotopic (exact) mass is 300 g/mol. The Morgan fingerprint density at radius 3 is 2.80 bits per heavy atom. The smallest absolute Gasteiger partial charge is 0.273 e. The van der Waals surface area contributed by atoms with Crippen molar-refractivity contribution >= 4 is 10.0 Å². The minimum atomic E-state index is -3.66. The van der Waals surface area contributed by atoms with Gasteiger partial charge in [-0.25, -0.2) is 13.1 Å². The molecule has 20 heavy (non-hydrogen) atoms. The number of aryl methyl sites for hydroxylation is 1. The molecule has 7 nitrogen and oxygen atoms in total. The van der Waals surface area contributed by atoms with Gasteiger partial charge in [0.15, 0.2) is 5.76 Å². The number of nitrogens with one attached hydrogen (secondary N) is 1. The minimum absolute atomic E-state index is 0.154. The lowest BCUT2D eigenvalue weighted by atomic mass is 10.3. The van der Waals surface area contributed by atoms with E-state index in [0.29, 0.717) is 30.2 Å². The summed E-state index contributed by atoms with van der Waals surface area (Å²) in [5.74, 6) is 0.714. The lowest BCUT2D eigenvalue weighted by Gasteiger charge is -2.03. The Kier molecular flexibility index (Phi) is 4.58. The molecule has 0 amide bonds. The van der Waals surface area contributed by atoms with Crippen LogP contribution in [0.25, 0.3) is 11.5 Å². The van der Waals surface area contributed by atoms with Crippen LogP contribution in [-0.4, -0.2) is 33.8 Å². The van der Waals surface area contributed by atoms with Gasteiger partial charge >= 0.3 is 0 Å². The molecule has 0 aliphatic carbocycles. The second-order valence-corrected chi connectivity index (χ2v) is 5.89. The molecule has 0 atom stereocenters. The molecule has 110 valence electrons. The second-order valence-electron chi connectivity index (χ2n) is 4.20. The first kappa shape index (κ1) is 14.8. The average Bonchev–Trinajstić information content (AvgIpc) is 3.03. The molecule has 0 bridgehead atoms. The third kappa shape index (κ3) is 3.47. The van der Waals surface area contributed by atoms with Gasteiger partial charge in [-0.15, -0.1) is 0 Å². The zero-order valence-electron chi connectivity index (χ0n) is 11.3. The molecule has 2 heterocycles. The maximum absolute atomic E-state index is 12.0. The number of sulfonamides is 1. The predicted molar refractivity (Wildman–Crippen MR) is 70.6 cm³/mol. The highest BCUT2D eigenvalue weighted by Gasteiger charge is 2.20. The molecule has 2 rings (SSSR count). The number of ether oxygens (including phenoxy) is 1. The van der Waals surface area contributed by atoms with Crippen LogP contribution in [0.15, 0.2) is 32.2 Å². The molecular weight excluding hydrogens is 284 g/mol. The van der Waals surface area contributed by atoms with Gasteiger partial charge in [-0.1, -0.05) is 5.16 Å². The first-order valence-electron chi connectivity index (χ1n) is 6.05. The number of hydrogen-bond donors (Lipinski definition) is 1. The van der Waals surface area contributed by atoms with Gasteiger partial charge in [0.25, 0.3) is 10.0 Å². The van der Waals surface area contributed by atoms with Crippen molar-refractivity contribution in [1.29, 1.82) is 0 Å². The summed E-state index contributed by atoms with van der Waals surface area (Å²) >= 11 is 0. The number of nitrogens with zero attached hydrogens (tertiary/aromatic N) is 1. The Morgan fingerprint density at radius 2 is 2.15 bits per heavy atom. The van der Waals surface area contributed by atoms with Crippen molar-refractivity contribution in [2.45, 2.75) is 18.4 Å². The van der Waals surface area contributed by atoms with E-state index in [2.05, 4.69) is 9.88 Å². The third-order valence-electron chi connectivity index (χ3n) is 2.53. The van der Waals surface area contributed by atoms with Gasteiger partial charge in [0, 0.05) is 26.3 Å². The zero-order valence-corrected chi connectivity index (χ0v) is 12.1. The normalized spacial score (nSPS) is 11.9. The first-order valence-corrected chi connectivity index (χ1v) is 7.53. The minimum Gasteiger partial charge on any atom is -0.440 e. The van der Waals surface area contributed by atoms with Crippen LogP contribution >= 0.6 is 0 Å². The Balaban J connectivity index is 2.07. The molecule has 0 aliphatic heterocycles. The van der Waals surface area contributed by atoms with Gasteiger partial charge in [0.1, 0.15) is 0 Å². The Hall–Kier alpha value is -1.64. The quantitative estimate of drug-likeness (QED) is 0.780. The molecule has 2 aromatic heterocycles. The average molecular weight is 300 g/mol. The summed E-state index contributed by atoms with van der Waals surface area (Å²) in [5, 5.41) is 3.57. The topological polar surface area (TPSA) is 94.6 Å². The molecule has 8 heteroatoms. The van der Waals surface area contributed by atoms with Crippen LogP contribution in [0.5, 0.6) is 0 Å². The summed E-state index contributed by atoms with van der Waals surface area (Å²) in [7, 11) is -2.09. The number of aromatic nitrogens is 1. The van der Waals surface area contributed by atoms with Crippen molar-refractivity contribution in [2.75, 3.05) is 20.3 Å². The maximum Gasteiger partial charge on any atom is 0.273 e. The molecule has 0 saturated carbocycles. The molecule has 0 aromatic carbocycles. The van der Waals surface area contributed by atoms with Gasteiger partial charge in [0.05, 0.1) is 5.69 Å². The van der Waals surface area contributed by atoms with Crippen LogP contribution in [-0.2, 0) is 14.8 Å². The Labute approximate surface area is 116 Å². The Morgan fingerprint density at radius 1 is 1.35 bits per heavy atom. The van der Waals surface area contributed by atoms with E-state index >= 15 is 0 Å². The van der Waals surface area contributed by atoms with Gasteiger partial charge in [-0.3, -0.25) is 0 Å².